The second-order valence-corrected chi connectivity index (χ2v) is 4.81. The summed E-state index contributed by atoms with van der Waals surface area (Å²) in [7, 11) is 0. The van der Waals surface area contributed by atoms with Gasteiger partial charge >= 0.3 is 0 Å². The van der Waals surface area contributed by atoms with E-state index in [1.807, 2.05) is 19.1 Å². The van der Waals surface area contributed by atoms with Crippen LogP contribution in [-0.4, -0.2) is 4.99 Å². The van der Waals surface area contributed by atoms with Crippen molar-refractivity contribution in [2.45, 2.75) is 13.5 Å². The standard InChI is InChI=1S/C15H13F2NOS/c1-9-6-10(15(18)20)2-3-11(9)8-19-14-5-4-12(16)7-13(14)17/h2-7H,8H2,1H3,(H2,18,20). The third kappa shape index (κ3) is 3.30. The van der Waals surface area contributed by atoms with E-state index in [0.717, 1.165) is 28.8 Å². The highest BCUT2D eigenvalue weighted by molar-refractivity contribution is 7.80. The predicted octanol–water partition coefficient (Wildman–Crippen LogP) is 3.49. The molecule has 0 bridgehead atoms. The average molecular weight is 293 g/mol. The molecule has 0 aliphatic carbocycles. The molecule has 2 N–H and O–H groups in total. The van der Waals surface area contributed by atoms with Crippen molar-refractivity contribution >= 4 is 17.2 Å². The molecule has 0 unspecified atom stereocenters. The predicted molar refractivity (Wildman–Crippen MR) is 77.8 cm³/mol. The third-order valence-electron chi connectivity index (χ3n) is 2.90. The van der Waals surface area contributed by atoms with Crippen LogP contribution in [0.3, 0.4) is 0 Å². The Balaban J connectivity index is 2.13. The van der Waals surface area contributed by atoms with E-state index in [2.05, 4.69) is 0 Å². The van der Waals surface area contributed by atoms with Crippen molar-refractivity contribution in [2.75, 3.05) is 0 Å². The molecule has 2 nitrogen and oxygen atoms in total. The molecule has 2 aromatic rings. The molecule has 20 heavy (non-hydrogen) atoms. The van der Waals surface area contributed by atoms with Gasteiger partial charge in [0.15, 0.2) is 11.6 Å². The number of benzene rings is 2. The smallest absolute Gasteiger partial charge is 0.167 e. The van der Waals surface area contributed by atoms with Gasteiger partial charge in [0.2, 0.25) is 0 Å². The second-order valence-electron chi connectivity index (χ2n) is 4.37. The molecule has 0 aliphatic heterocycles. The molecule has 5 heteroatoms. The molecule has 0 heterocycles. The molecule has 0 atom stereocenters. The SMILES string of the molecule is Cc1cc(C(N)=S)ccc1COc1ccc(F)cc1F. The second kappa shape index (κ2) is 5.96. The van der Waals surface area contributed by atoms with E-state index in [4.69, 9.17) is 22.7 Å². The van der Waals surface area contributed by atoms with Crippen molar-refractivity contribution in [2.24, 2.45) is 5.73 Å². The molecule has 0 aromatic heterocycles. The van der Waals surface area contributed by atoms with E-state index >= 15 is 0 Å². The zero-order valence-electron chi connectivity index (χ0n) is 10.8. The molecule has 0 amide bonds. The molecular weight excluding hydrogens is 280 g/mol. The van der Waals surface area contributed by atoms with Crippen LogP contribution in [0.15, 0.2) is 36.4 Å². The van der Waals surface area contributed by atoms with Gasteiger partial charge in [-0.25, -0.2) is 8.78 Å². The Hall–Kier alpha value is -2.01. The zero-order valence-corrected chi connectivity index (χ0v) is 11.6. The summed E-state index contributed by atoms with van der Waals surface area (Å²) in [5.41, 5.74) is 8.14. The van der Waals surface area contributed by atoms with Crippen LogP contribution in [0.2, 0.25) is 0 Å². The van der Waals surface area contributed by atoms with Gasteiger partial charge in [0.25, 0.3) is 0 Å². The number of rotatable bonds is 4. The first-order chi connectivity index (χ1) is 9.47. The summed E-state index contributed by atoms with van der Waals surface area (Å²) in [6.45, 7) is 2.08. The maximum Gasteiger partial charge on any atom is 0.167 e. The Kier molecular flexibility index (Phi) is 4.29. The zero-order chi connectivity index (χ0) is 14.7. The highest BCUT2D eigenvalue weighted by Crippen LogP contribution is 2.20. The van der Waals surface area contributed by atoms with Crippen molar-refractivity contribution in [1.82, 2.24) is 0 Å². The van der Waals surface area contributed by atoms with Crippen molar-refractivity contribution in [3.05, 3.63) is 64.7 Å². The van der Waals surface area contributed by atoms with Gasteiger partial charge in [-0.15, -0.1) is 0 Å². The van der Waals surface area contributed by atoms with Crippen LogP contribution in [0, 0.1) is 18.6 Å². The molecule has 0 radical (unpaired) electrons. The minimum absolute atomic E-state index is 0.0178. The monoisotopic (exact) mass is 293 g/mol. The molecule has 0 spiro atoms. The van der Waals surface area contributed by atoms with E-state index in [9.17, 15) is 8.78 Å². The fourth-order valence-electron chi connectivity index (χ4n) is 1.76. The summed E-state index contributed by atoms with van der Waals surface area (Å²) in [5.74, 6) is -1.33. The van der Waals surface area contributed by atoms with Crippen molar-refractivity contribution in [3.8, 4) is 5.75 Å². The molecule has 2 aromatic carbocycles. The molecule has 0 saturated heterocycles. The number of halogens is 2. The highest BCUT2D eigenvalue weighted by atomic mass is 32.1. The lowest BCUT2D eigenvalue weighted by Gasteiger charge is -2.10. The quantitative estimate of drug-likeness (QED) is 0.877. The molecule has 0 fully saturated rings. The van der Waals surface area contributed by atoms with Crippen molar-refractivity contribution in [1.29, 1.82) is 0 Å². The van der Waals surface area contributed by atoms with Gasteiger partial charge < -0.3 is 10.5 Å². The van der Waals surface area contributed by atoms with Gasteiger partial charge in [0.05, 0.1) is 0 Å². The highest BCUT2D eigenvalue weighted by Gasteiger charge is 2.07. The minimum Gasteiger partial charge on any atom is -0.486 e. The van der Waals surface area contributed by atoms with Crippen LogP contribution < -0.4 is 10.5 Å². The normalized spacial score (nSPS) is 10.3. The van der Waals surface area contributed by atoms with Crippen molar-refractivity contribution < 1.29 is 13.5 Å². The maximum atomic E-state index is 13.4. The molecule has 104 valence electrons. The fourth-order valence-corrected chi connectivity index (χ4v) is 1.89. The van der Waals surface area contributed by atoms with Gasteiger partial charge in [-0.3, -0.25) is 0 Å². The number of thiocarbonyl (C=S) groups is 1. The van der Waals surface area contributed by atoms with Gasteiger partial charge in [0, 0.05) is 11.6 Å². The average Bonchev–Trinajstić information content (AvgIpc) is 2.38. The van der Waals surface area contributed by atoms with Crippen LogP contribution in [0.25, 0.3) is 0 Å². The Morgan fingerprint density at radius 1 is 1.20 bits per heavy atom. The molecule has 0 saturated carbocycles. The Morgan fingerprint density at radius 3 is 2.55 bits per heavy atom. The summed E-state index contributed by atoms with van der Waals surface area (Å²) in [6.07, 6.45) is 0. The lowest BCUT2D eigenvalue weighted by molar-refractivity contribution is 0.288. The Morgan fingerprint density at radius 2 is 1.95 bits per heavy atom. The molecule has 2 rings (SSSR count). The van der Waals surface area contributed by atoms with Crippen LogP contribution in [-0.2, 0) is 6.61 Å². The van der Waals surface area contributed by atoms with Crippen molar-refractivity contribution in [3.63, 3.8) is 0 Å². The number of nitrogens with two attached hydrogens (primary N) is 1. The van der Waals surface area contributed by atoms with Crippen LogP contribution >= 0.6 is 12.2 Å². The van der Waals surface area contributed by atoms with Gasteiger partial charge in [-0.1, -0.05) is 24.4 Å². The number of aryl methyl sites for hydroxylation is 1. The summed E-state index contributed by atoms with van der Waals surface area (Å²) in [6, 6.07) is 8.67. The maximum absolute atomic E-state index is 13.4. The lowest BCUT2D eigenvalue weighted by Crippen LogP contribution is -2.10. The first-order valence-electron chi connectivity index (χ1n) is 5.94. The summed E-state index contributed by atoms with van der Waals surface area (Å²) in [5, 5.41) is 0. The van der Waals surface area contributed by atoms with Gasteiger partial charge in [-0.05, 0) is 36.2 Å². The Bertz CT molecular complexity index is 658. The summed E-state index contributed by atoms with van der Waals surface area (Å²) >= 11 is 4.90. The third-order valence-corrected chi connectivity index (χ3v) is 3.14. The van der Waals surface area contributed by atoms with E-state index in [1.54, 1.807) is 6.07 Å². The van der Waals surface area contributed by atoms with Crippen LogP contribution in [0.4, 0.5) is 8.78 Å². The largest absolute Gasteiger partial charge is 0.486 e. The number of hydrogen-bond donors (Lipinski definition) is 1. The van der Waals surface area contributed by atoms with Gasteiger partial charge in [0.1, 0.15) is 17.4 Å². The fraction of sp³-hybridized carbons (Fsp3) is 0.133. The number of hydrogen-bond acceptors (Lipinski definition) is 2. The lowest BCUT2D eigenvalue weighted by atomic mass is 10.1. The Labute approximate surface area is 121 Å². The van der Waals surface area contributed by atoms with Crippen LogP contribution in [0.1, 0.15) is 16.7 Å². The van der Waals surface area contributed by atoms with E-state index in [0.29, 0.717) is 4.99 Å². The van der Waals surface area contributed by atoms with E-state index in [1.165, 1.54) is 6.07 Å². The first-order valence-corrected chi connectivity index (χ1v) is 6.35. The number of ether oxygens (including phenoxy) is 1. The van der Waals surface area contributed by atoms with Crippen LogP contribution in [0.5, 0.6) is 5.75 Å². The topological polar surface area (TPSA) is 35.2 Å². The van der Waals surface area contributed by atoms with E-state index < -0.39 is 11.6 Å². The first kappa shape index (κ1) is 14.4. The molecular formula is C15H13F2NOS. The molecule has 0 aliphatic rings. The van der Waals surface area contributed by atoms with E-state index in [-0.39, 0.29) is 12.4 Å². The summed E-state index contributed by atoms with van der Waals surface area (Å²) in [4.78, 5) is 0.324. The summed E-state index contributed by atoms with van der Waals surface area (Å²) < 4.78 is 31.6. The van der Waals surface area contributed by atoms with Gasteiger partial charge in [-0.2, -0.15) is 0 Å². The minimum atomic E-state index is -0.720.